The number of nitrogens with zero attached hydrogens (tertiary/aromatic N) is 3. The Labute approximate surface area is 169 Å². The summed E-state index contributed by atoms with van der Waals surface area (Å²) in [6.45, 7) is 5.38. The second-order valence-corrected chi connectivity index (χ2v) is 7.17. The van der Waals surface area contributed by atoms with Gasteiger partial charge in [-0.1, -0.05) is 17.7 Å². The van der Waals surface area contributed by atoms with Crippen LogP contribution in [0.1, 0.15) is 16.1 Å². The van der Waals surface area contributed by atoms with Crippen molar-refractivity contribution in [3.63, 3.8) is 0 Å². The average molecular weight is 390 g/mol. The highest BCUT2D eigenvalue weighted by Crippen LogP contribution is 2.21. The standard InChI is InChI=1S/C23H23FN4O/c1-17-2-6-19(7-3-17)26-23(29)22-11-10-21(16-25-22)28-14-12-27(13-15-28)20-8-4-18(24)5-9-20/h2-11,16H,12-15H2,1H3,(H,26,29). The van der Waals surface area contributed by atoms with Crippen molar-refractivity contribution in [2.24, 2.45) is 0 Å². The summed E-state index contributed by atoms with van der Waals surface area (Å²) in [5.41, 5.74) is 4.32. The van der Waals surface area contributed by atoms with Crippen LogP contribution < -0.4 is 15.1 Å². The maximum Gasteiger partial charge on any atom is 0.274 e. The molecular weight excluding hydrogens is 367 g/mol. The largest absolute Gasteiger partial charge is 0.368 e. The molecule has 1 saturated heterocycles. The van der Waals surface area contributed by atoms with E-state index in [1.54, 1.807) is 12.3 Å². The third kappa shape index (κ3) is 4.54. The van der Waals surface area contributed by atoms with E-state index in [1.165, 1.54) is 12.1 Å². The lowest BCUT2D eigenvalue weighted by Gasteiger charge is -2.37. The number of halogens is 1. The molecule has 1 aromatic heterocycles. The lowest BCUT2D eigenvalue weighted by atomic mass is 10.2. The van der Waals surface area contributed by atoms with Crippen LogP contribution in [-0.4, -0.2) is 37.1 Å². The number of rotatable bonds is 4. The molecule has 3 aromatic rings. The first-order valence-electron chi connectivity index (χ1n) is 9.68. The second kappa shape index (κ2) is 8.31. The van der Waals surface area contributed by atoms with Gasteiger partial charge in [-0.25, -0.2) is 9.37 Å². The molecule has 0 spiro atoms. The summed E-state index contributed by atoms with van der Waals surface area (Å²) in [5, 5.41) is 2.86. The Morgan fingerprint density at radius 1 is 0.862 bits per heavy atom. The van der Waals surface area contributed by atoms with E-state index >= 15 is 0 Å². The Kier molecular flexibility index (Phi) is 5.42. The molecule has 1 aliphatic heterocycles. The van der Waals surface area contributed by atoms with E-state index in [0.29, 0.717) is 5.69 Å². The van der Waals surface area contributed by atoms with E-state index in [-0.39, 0.29) is 11.7 Å². The molecule has 0 aliphatic carbocycles. The van der Waals surface area contributed by atoms with Gasteiger partial charge in [0.25, 0.3) is 5.91 Å². The van der Waals surface area contributed by atoms with Gasteiger partial charge < -0.3 is 15.1 Å². The van der Waals surface area contributed by atoms with Gasteiger partial charge in [-0.2, -0.15) is 0 Å². The maximum atomic E-state index is 13.1. The van der Waals surface area contributed by atoms with Crippen LogP contribution in [0.3, 0.4) is 0 Å². The van der Waals surface area contributed by atoms with Gasteiger partial charge in [0.2, 0.25) is 0 Å². The molecule has 5 nitrogen and oxygen atoms in total. The number of piperazine rings is 1. The smallest absolute Gasteiger partial charge is 0.274 e. The van der Waals surface area contributed by atoms with Crippen LogP contribution in [0.25, 0.3) is 0 Å². The number of hydrogen-bond acceptors (Lipinski definition) is 4. The fraction of sp³-hybridized carbons (Fsp3) is 0.217. The Bertz CT molecular complexity index is 963. The van der Waals surface area contributed by atoms with Gasteiger partial charge in [-0.05, 0) is 55.5 Å². The Morgan fingerprint density at radius 3 is 2.03 bits per heavy atom. The van der Waals surface area contributed by atoms with Gasteiger partial charge in [-0.15, -0.1) is 0 Å². The predicted molar refractivity (Wildman–Crippen MR) is 114 cm³/mol. The third-order valence-corrected chi connectivity index (χ3v) is 5.13. The maximum absolute atomic E-state index is 13.1. The number of pyridine rings is 1. The summed E-state index contributed by atoms with van der Waals surface area (Å²) in [6.07, 6.45) is 1.75. The van der Waals surface area contributed by atoms with Crippen LogP contribution in [0.15, 0.2) is 66.9 Å². The topological polar surface area (TPSA) is 48.5 Å². The van der Waals surface area contributed by atoms with Gasteiger partial charge in [0, 0.05) is 37.6 Å². The lowest BCUT2D eigenvalue weighted by molar-refractivity contribution is 0.102. The summed E-state index contributed by atoms with van der Waals surface area (Å²) < 4.78 is 13.1. The number of aromatic nitrogens is 1. The number of aryl methyl sites for hydroxylation is 1. The molecule has 4 rings (SSSR count). The molecule has 0 radical (unpaired) electrons. The summed E-state index contributed by atoms with van der Waals surface area (Å²) in [5.74, 6) is -0.438. The zero-order valence-corrected chi connectivity index (χ0v) is 16.3. The van der Waals surface area contributed by atoms with Crippen molar-refractivity contribution >= 4 is 23.0 Å². The van der Waals surface area contributed by atoms with E-state index < -0.39 is 0 Å². The molecule has 1 aliphatic rings. The lowest BCUT2D eigenvalue weighted by Crippen LogP contribution is -2.46. The molecule has 2 heterocycles. The van der Waals surface area contributed by atoms with E-state index in [9.17, 15) is 9.18 Å². The minimum absolute atomic E-state index is 0.218. The van der Waals surface area contributed by atoms with E-state index in [4.69, 9.17) is 0 Å². The van der Waals surface area contributed by atoms with Gasteiger partial charge in [0.15, 0.2) is 0 Å². The summed E-state index contributed by atoms with van der Waals surface area (Å²) in [6, 6.07) is 18.0. The van der Waals surface area contributed by atoms with E-state index in [0.717, 1.165) is 48.8 Å². The average Bonchev–Trinajstić information content (AvgIpc) is 2.76. The Balaban J connectivity index is 1.35. The van der Waals surface area contributed by atoms with E-state index in [2.05, 4.69) is 20.1 Å². The van der Waals surface area contributed by atoms with Crippen molar-refractivity contribution in [1.29, 1.82) is 0 Å². The van der Waals surface area contributed by atoms with Crippen LogP contribution in [-0.2, 0) is 0 Å². The van der Waals surface area contributed by atoms with Crippen LogP contribution in [0, 0.1) is 12.7 Å². The number of nitrogens with one attached hydrogen (secondary N) is 1. The van der Waals surface area contributed by atoms with Crippen molar-refractivity contribution in [2.45, 2.75) is 6.92 Å². The summed E-state index contributed by atoms with van der Waals surface area (Å²) in [7, 11) is 0. The third-order valence-electron chi connectivity index (χ3n) is 5.13. The first-order chi connectivity index (χ1) is 14.1. The number of hydrogen-bond donors (Lipinski definition) is 1. The minimum Gasteiger partial charge on any atom is -0.368 e. The van der Waals surface area contributed by atoms with Crippen molar-refractivity contribution < 1.29 is 9.18 Å². The quantitative estimate of drug-likeness (QED) is 0.728. The van der Waals surface area contributed by atoms with Gasteiger partial charge in [0.05, 0.1) is 11.9 Å². The molecule has 0 bridgehead atoms. The highest BCUT2D eigenvalue weighted by molar-refractivity contribution is 6.02. The normalized spacial score (nSPS) is 14.0. The number of anilines is 3. The fourth-order valence-corrected chi connectivity index (χ4v) is 3.41. The fourth-order valence-electron chi connectivity index (χ4n) is 3.41. The van der Waals surface area contributed by atoms with Crippen molar-refractivity contribution in [3.05, 3.63) is 83.9 Å². The molecule has 0 saturated carbocycles. The minimum atomic E-state index is -0.221. The molecular formula is C23H23FN4O. The molecule has 0 unspecified atom stereocenters. The highest BCUT2D eigenvalue weighted by Gasteiger charge is 2.18. The van der Waals surface area contributed by atoms with E-state index in [1.807, 2.05) is 49.4 Å². The number of benzene rings is 2. The molecule has 1 amide bonds. The van der Waals surface area contributed by atoms with Crippen LogP contribution >= 0.6 is 0 Å². The SMILES string of the molecule is Cc1ccc(NC(=O)c2ccc(N3CCN(c4ccc(F)cc4)CC3)cn2)cc1. The van der Waals surface area contributed by atoms with Gasteiger partial charge in [-0.3, -0.25) is 4.79 Å². The van der Waals surface area contributed by atoms with Crippen LogP contribution in [0.2, 0.25) is 0 Å². The summed E-state index contributed by atoms with van der Waals surface area (Å²) in [4.78, 5) is 21.2. The molecule has 29 heavy (non-hydrogen) atoms. The summed E-state index contributed by atoms with van der Waals surface area (Å²) >= 11 is 0. The monoisotopic (exact) mass is 390 g/mol. The van der Waals surface area contributed by atoms with Crippen LogP contribution in [0.5, 0.6) is 0 Å². The molecule has 1 N–H and O–H groups in total. The number of carbonyl (C=O) groups is 1. The second-order valence-electron chi connectivity index (χ2n) is 7.17. The highest BCUT2D eigenvalue weighted by atomic mass is 19.1. The first-order valence-corrected chi connectivity index (χ1v) is 9.68. The predicted octanol–water partition coefficient (Wildman–Crippen LogP) is 4.11. The molecule has 2 aromatic carbocycles. The Hall–Kier alpha value is -3.41. The van der Waals surface area contributed by atoms with Crippen molar-refractivity contribution in [3.8, 4) is 0 Å². The Morgan fingerprint density at radius 2 is 1.45 bits per heavy atom. The van der Waals surface area contributed by atoms with Crippen molar-refractivity contribution in [1.82, 2.24) is 4.98 Å². The van der Waals surface area contributed by atoms with Crippen LogP contribution in [0.4, 0.5) is 21.5 Å². The molecule has 6 heteroatoms. The number of amides is 1. The molecule has 1 fully saturated rings. The zero-order chi connectivity index (χ0) is 20.2. The first kappa shape index (κ1) is 18.9. The molecule has 0 atom stereocenters. The number of carbonyl (C=O) groups excluding carboxylic acids is 1. The van der Waals surface area contributed by atoms with Crippen molar-refractivity contribution in [2.75, 3.05) is 41.3 Å². The molecule has 148 valence electrons. The van der Waals surface area contributed by atoms with Gasteiger partial charge >= 0.3 is 0 Å². The zero-order valence-electron chi connectivity index (χ0n) is 16.3. The van der Waals surface area contributed by atoms with Gasteiger partial charge in [0.1, 0.15) is 11.5 Å².